The molecule has 0 bridgehead atoms. The fourth-order valence-corrected chi connectivity index (χ4v) is 1.77. The number of benzene rings is 1. The quantitative estimate of drug-likeness (QED) is 0.747. The summed E-state index contributed by atoms with van der Waals surface area (Å²) in [4.78, 5) is 13.5. The molecule has 0 fully saturated rings. The van der Waals surface area contributed by atoms with Crippen molar-refractivity contribution in [2.75, 3.05) is 11.9 Å². The molecule has 2 nitrogen and oxygen atoms in total. The van der Waals surface area contributed by atoms with Gasteiger partial charge in [0.05, 0.1) is 0 Å². The first kappa shape index (κ1) is 12.8. The summed E-state index contributed by atoms with van der Waals surface area (Å²) in [6.07, 6.45) is 0.537. The van der Waals surface area contributed by atoms with Crippen LogP contribution in [0.25, 0.3) is 0 Å². The van der Waals surface area contributed by atoms with Crippen LogP contribution in [0.15, 0.2) is 24.3 Å². The third-order valence-corrected chi connectivity index (χ3v) is 2.75. The van der Waals surface area contributed by atoms with Gasteiger partial charge in [-0.2, -0.15) is 0 Å². The number of amides is 1. The number of anilines is 1. The summed E-state index contributed by atoms with van der Waals surface area (Å²) in [5.41, 5.74) is 2.28. The predicted molar refractivity (Wildman–Crippen MR) is 68.8 cm³/mol. The van der Waals surface area contributed by atoms with E-state index in [0.717, 1.165) is 5.69 Å². The van der Waals surface area contributed by atoms with Gasteiger partial charge in [0.25, 0.3) is 0 Å². The van der Waals surface area contributed by atoms with Crippen LogP contribution in [0.2, 0.25) is 0 Å². The second kappa shape index (κ2) is 4.69. The van der Waals surface area contributed by atoms with E-state index < -0.39 is 0 Å². The first-order valence-electron chi connectivity index (χ1n) is 5.74. The highest BCUT2D eigenvalue weighted by molar-refractivity contribution is 5.93. The van der Waals surface area contributed by atoms with Gasteiger partial charge < -0.3 is 4.90 Å². The summed E-state index contributed by atoms with van der Waals surface area (Å²) in [6.45, 7) is 8.38. The minimum atomic E-state index is 0.0544. The Kier molecular flexibility index (Phi) is 3.74. The van der Waals surface area contributed by atoms with Gasteiger partial charge in [0.1, 0.15) is 0 Å². The van der Waals surface area contributed by atoms with Crippen LogP contribution in [0, 0.1) is 0 Å². The van der Waals surface area contributed by atoms with Gasteiger partial charge in [0.15, 0.2) is 0 Å². The molecule has 1 aromatic carbocycles. The second-order valence-corrected chi connectivity index (χ2v) is 5.07. The van der Waals surface area contributed by atoms with Gasteiger partial charge in [-0.3, -0.25) is 4.79 Å². The van der Waals surface area contributed by atoms with Crippen LogP contribution >= 0.6 is 0 Å². The van der Waals surface area contributed by atoms with Crippen LogP contribution in [0.3, 0.4) is 0 Å². The Hall–Kier alpha value is -1.31. The van der Waals surface area contributed by atoms with Crippen LogP contribution < -0.4 is 4.90 Å². The van der Waals surface area contributed by atoms with Gasteiger partial charge in [0.2, 0.25) is 5.91 Å². The smallest absolute Gasteiger partial charge is 0.226 e. The Bertz CT molecular complexity index is 377. The van der Waals surface area contributed by atoms with E-state index in [9.17, 15) is 4.79 Å². The molecule has 1 rings (SSSR count). The molecule has 0 aliphatic rings. The third kappa shape index (κ3) is 2.63. The monoisotopic (exact) mass is 219 g/mol. The van der Waals surface area contributed by atoms with Gasteiger partial charge in [-0.05, 0) is 17.0 Å². The molecule has 0 saturated carbocycles. The molecule has 0 atom stereocenters. The van der Waals surface area contributed by atoms with Crippen LogP contribution in [0.5, 0.6) is 0 Å². The van der Waals surface area contributed by atoms with Gasteiger partial charge in [-0.15, -0.1) is 0 Å². The maximum atomic E-state index is 11.7. The van der Waals surface area contributed by atoms with Gasteiger partial charge in [-0.1, -0.05) is 45.9 Å². The fourth-order valence-electron chi connectivity index (χ4n) is 1.77. The van der Waals surface area contributed by atoms with Crippen molar-refractivity contribution in [1.82, 2.24) is 0 Å². The molecular weight excluding hydrogens is 198 g/mol. The highest BCUT2D eigenvalue weighted by atomic mass is 16.2. The number of hydrogen-bond acceptors (Lipinski definition) is 1. The molecule has 0 aromatic heterocycles. The van der Waals surface area contributed by atoms with Crippen molar-refractivity contribution in [3.8, 4) is 0 Å². The predicted octanol–water partition coefficient (Wildman–Crippen LogP) is 3.36. The topological polar surface area (TPSA) is 20.3 Å². The Balaban J connectivity index is 3.19. The molecule has 0 radical (unpaired) electrons. The molecule has 16 heavy (non-hydrogen) atoms. The van der Waals surface area contributed by atoms with Crippen molar-refractivity contribution in [3.63, 3.8) is 0 Å². The molecule has 1 amide bonds. The molecule has 0 unspecified atom stereocenters. The molecule has 88 valence electrons. The van der Waals surface area contributed by atoms with Crippen LogP contribution in [0.4, 0.5) is 5.69 Å². The zero-order valence-electron chi connectivity index (χ0n) is 10.9. The van der Waals surface area contributed by atoms with E-state index in [1.54, 1.807) is 4.90 Å². The summed E-state index contributed by atoms with van der Waals surface area (Å²) in [7, 11) is 1.84. The Labute approximate surface area is 98.3 Å². The van der Waals surface area contributed by atoms with Crippen LogP contribution in [-0.4, -0.2) is 13.0 Å². The van der Waals surface area contributed by atoms with Crippen molar-refractivity contribution in [2.24, 2.45) is 0 Å². The summed E-state index contributed by atoms with van der Waals surface area (Å²) >= 11 is 0. The standard InChI is InChI=1S/C14H21NO/c1-6-13(16)15(5)12-10-8-7-9-11(12)14(2,3)4/h7-10H,6H2,1-5H3. The third-order valence-electron chi connectivity index (χ3n) is 2.75. The average Bonchev–Trinajstić information content (AvgIpc) is 2.26. The minimum Gasteiger partial charge on any atom is -0.315 e. The van der Waals surface area contributed by atoms with E-state index in [1.807, 2.05) is 32.2 Å². The summed E-state index contributed by atoms with van der Waals surface area (Å²) < 4.78 is 0. The average molecular weight is 219 g/mol. The van der Waals surface area contributed by atoms with E-state index in [0.29, 0.717) is 6.42 Å². The summed E-state index contributed by atoms with van der Waals surface area (Å²) in [6, 6.07) is 8.10. The van der Waals surface area contributed by atoms with Crippen LogP contribution in [-0.2, 0) is 10.2 Å². The number of rotatable bonds is 2. The molecule has 0 saturated heterocycles. The molecule has 0 aliphatic carbocycles. The number of hydrogen-bond donors (Lipinski definition) is 0. The van der Waals surface area contributed by atoms with Crippen molar-refractivity contribution in [2.45, 2.75) is 39.5 Å². The van der Waals surface area contributed by atoms with E-state index in [2.05, 4.69) is 26.8 Å². The maximum absolute atomic E-state index is 11.7. The zero-order valence-corrected chi connectivity index (χ0v) is 10.9. The Morgan fingerprint density at radius 1 is 1.25 bits per heavy atom. The SMILES string of the molecule is CCC(=O)N(C)c1ccccc1C(C)(C)C. The largest absolute Gasteiger partial charge is 0.315 e. The number of para-hydroxylation sites is 1. The lowest BCUT2D eigenvalue weighted by Gasteiger charge is -2.27. The molecule has 2 heteroatoms. The van der Waals surface area contributed by atoms with Crippen molar-refractivity contribution in [3.05, 3.63) is 29.8 Å². The lowest BCUT2D eigenvalue weighted by molar-refractivity contribution is -0.118. The molecule has 0 aliphatic heterocycles. The second-order valence-electron chi connectivity index (χ2n) is 5.07. The normalized spacial score (nSPS) is 11.3. The van der Waals surface area contributed by atoms with Gasteiger partial charge >= 0.3 is 0 Å². The fraction of sp³-hybridized carbons (Fsp3) is 0.500. The first-order valence-corrected chi connectivity index (χ1v) is 5.74. The number of nitrogens with zero attached hydrogens (tertiary/aromatic N) is 1. The molecular formula is C14H21NO. The van der Waals surface area contributed by atoms with E-state index >= 15 is 0 Å². The molecule has 1 aromatic rings. The highest BCUT2D eigenvalue weighted by Crippen LogP contribution is 2.31. The molecule has 0 heterocycles. The molecule has 0 spiro atoms. The minimum absolute atomic E-state index is 0.0544. The molecule has 0 N–H and O–H groups in total. The van der Waals surface area contributed by atoms with Crippen molar-refractivity contribution >= 4 is 11.6 Å². The summed E-state index contributed by atoms with van der Waals surface area (Å²) in [5.74, 6) is 0.150. The number of carbonyl (C=O) groups excluding carboxylic acids is 1. The lowest BCUT2D eigenvalue weighted by Crippen LogP contribution is -2.28. The lowest BCUT2D eigenvalue weighted by atomic mass is 9.85. The maximum Gasteiger partial charge on any atom is 0.226 e. The number of carbonyl (C=O) groups is 1. The van der Waals surface area contributed by atoms with E-state index in [1.165, 1.54) is 5.56 Å². The Morgan fingerprint density at radius 2 is 1.81 bits per heavy atom. The van der Waals surface area contributed by atoms with Crippen molar-refractivity contribution < 1.29 is 4.79 Å². The van der Waals surface area contributed by atoms with Crippen LogP contribution in [0.1, 0.15) is 39.7 Å². The summed E-state index contributed by atoms with van der Waals surface area (Å²) in [5, 5.41) is 0. The van der Waals surface area contributed by atoms with Crippen molar-refractivity contribution in [1.29, 1.82) is 0 Å². The van der Waals surface area contributed by atoms with E-state index in [-0.39, 0.29) is 11.3 Å². The Morgan fingerprint density at radius 3 is 2.31 bits per heavy atom. The highest BCUT2D eigenvalue weighted by Gasteiger charge is 2.21. The van der Waals surface area contributed by atoms with E-state index in [4.69, 9.17) is 0 Å². The first-order chi connectivity index (χ1) is 7.38. The van der Waals surface area contributed by atoms with Gasteiger partial charge in [0, 0.05) is 19.2 Å². The van der Waals surface area contributed by atoms with Gasteiger partial charge in [-0.25, -0.2) is 0 Å². The zero-order chi connectivity index (χ0) is 12.3.